The summed E-state index contributed by atoms with van der Waals surface area (Å²) < 4.78 is 42.3. The monoisotopic (exact) mass is 586 g/mol. The largest absolute Gasteiger partial charge is 0.449 e. The molecule has 1 aromatic heterocycles. The van der Waals surface area contributed by atoms with E-state index in [4.69, 9.17) is 0 Å². The summed E-state index contributed by atoms with van der Waals surface area (Å²) in [5, 5.41) is 6.03. The first-order valence-electron chi connectivity index (χ1n) is 15.8. The maximum atomic E-state index is 14.0. The van der Waals surface area contributed by atoms with E-state index in [-0.39, 0.29) is 23.7 Å². The average Bonchev–Trinajstić information content (AvgIpc) is 2.91. The molecule has 0 spiro atoms. The van der Waals surface area contributed by atoms with Crippen molar-refractivity contribution in [3.05, 3.63) is 39.9 Å². The summed E-state index contributed by atoms with van der Waals surface area (Å²) in [5.74, 6) is -0.0123. The van der Waals surface area contributed by atoms with Crippen molar-refractivity contribution in [3.8, 4) is 0 Å². The van der Waals surface area contributed by atoms with Gasteiger partial charge in [0.25, 0.3) is 5.56 Å². The molecular formula is C32H41F3N4O3. The molecule has 1 aliphatic heterocycles. The Labute approximate surface area is 244 Å². The van der Waals surface area contributed by atoms with E-state index >= 15 is 0 Å². The number of rotatable bonds is 11. The minimum atomic E-state index is -4.93. The van der Waals surface area contributed by atoms with E-state index in [2.05, 4.69) is 10.3 Å². The molecule has 42 heavy (non-hydrogen) atoms. The fourth-order valence-corrected chi connectivity index (χ4v) is 8.66. The van der Waals surface area contributed by atoms with Crippen LogP contribution in [-0.4, -0.2) is 33.4 Å². The van der Waals surface area contributed by atoms with Crippen LogP contribution in [0.1, 0.15) is 107 Å². The zero-order valence-corrected chi connectivity index (χ0v) is 24.1. The number of aryl methyl sites for hydroxylation is 1. The van der Waals surface area contributed by atoms with Crippen LogP contribution in [0.4, 0.5) is 13.2 Å². The van der Waals surface area contributed by atoms with E-state index in [1.165, 1.54) is 63.9 Å². The maximum Gasteiger partial charge on any atom is 0.449 e. The predicted molar refractivity (Wildman–Crippen MR) is 153 cm³/mol. The molecule has 2 amide bonds. The number of hydrogen-bond acceptors (Lipinski definition) is 5. The van der Waals surface area contributed by atoms with Gasteiger partial charge in [0, 0.05) is 12.0 Å². The molecule has 4 bridgehead atoms. The second-order valence-electron chi connectivity index (χ2n) is 13.4. The molecule has 7 nitrogen and oxygen atoms in total. The molecule has 7 rings (SSSR count). The molecule has 5 aliphatic rings. The maximum absolute atomic E-state index is 14.0. The zero-order valence-electron chi connectivity index (χ0n) is 24.1. The Morgan fingerprint density at radius 3 is 2.21 bits per heavy atom. The highest BCUT2D eigenvalue weighted by Crippen LogP contribution is 2.55. The summed E-state index contributed by atoms with van der Waals surface area (Å²) in [7, 11) is 0. The normalized spacial score (nSPS) is 28.9. The number of hydrogen-bond donors (Lipinski definition) is 2. The average molecular weight is 587 g/mol. The van der Waals surface area contributed by atoms with E-state index in [1.807, 2.05) is 5.32 Å². The van der Waals surface area contributed by atoms with Crippen LogP contribution in [0, 0.1) is 17.8 Å². The number of aromatic nitrogens is 2. The number of carbonyl (C=O) groups excluding carboxylic acids is 2. The SMILES string of the molecule is O=C1CCC(n2c(C(F)(F)F)nc3cc(CCCCCCCCNC45CC6CC(CC(C6)C4)C5)ccc3c2=O)C(=O)N1. The van der Waals surface area contributed by atoms with Crippen molar-refractivity contribution in [2.75, 3.05) is 6.54 Å². The van der Waals surface area contributed by atoms with Gasteiger partial charge in [0.2, 0.25) is 17.6 Å². The smallest absolute Gasteiger partial charge is 0.311 e. The van der Waals surface area contributed by atoms with E-state index in [0.29, 0.717) is 16.5 Å². The molecule has 2 heterocycles. The molecule has 1 atom stereocenters. The van der Waals surface area contributed by atoms with Crippen LogP contribution in [0.2, 0.25) is 0 Å². The van der Waals surface area contributed by atoms with Gasteiger partial charge in [-0.15, -0.1) is 0 Å². The molecule has 1 aromatic carbocycles. The minimum absolute atomic E-state index is 0.0265. The lowest BCUT2D eigenvalue weighted by Crippen LogP contribution is -2.58. The third-order valence-electron chi connectivity index (χ3n) is 10.2. The molecule has 2 aromatic rings. The Kier molecular flexibility index (Phi) is 8.19. The molecule has 10 heteroatoms. The molecular weight excluding hydrogens is 545 g/mol. The van der Waals surface area contributed by atoms with Crippen LogP contribution in [-0.2, 0) is 22.2 Å². The predicted octanol–water partition coefficient (Wildman–Crippen LogP) is 5.83. The fourth-order valence-electron chi connectivity index (χ4n) is 8.66. The molecule has 4 aliphatic carbocycles. The highest BCUT2D eigenvalue weighted by Gasteiger charge is 2.50. The highest BCUT2D eigenvalue weighted by molar-refractivity contribution is 5.99. The number of halogens is 3. The van der Waals surface area contributed by atoms with Crippen molar-refractivity contribution in [1.29, 1.82) is 0 Å². The van der Waals surface area contributed by atoms with Gasteiger partial charge in [0.05, 0.1) is 10.9 Å². The van der Waals surface area contributed by atoms with Gasteiger partial charge >= 0.3 is 6.18 Å². The lowest BCUT2D eigenvalue weighted by molar-refractivity contribution is -0.150. The number of fused-ring (bicyclic) bond motifs is 1. The van der Waals surface area contributed by atoms with Crippen molar-refractivity contribution in [1.82, 2.24) is 20.2 Å². The van der Waals surface area contributed by atoms with E-state index in [0.717, 1.165) is 49.1 Å². The molecule has 228 valence electrons. The van der Waals surface area contributed by atoms with Gasteiger partial charge in [-0.3, -0.25) is 24.3 Å². The molecule has 4 saturated carbocycles. The Morgan fingerprint density at radius 2 is 1.57 bits per heavy atom. The van der Waals surface area contributed by atoms with Crippen molar-refractivity contribution in [2.45, 2.75) is 114 Å². The van der Waals surface area contributed by atoms with Crippen LogP contribution in [0.5, 0.6) is 0 Å². The quantitative estimate of drug-likeness (QED) is 0.255. The van der Waals surface area contributed by atoms with E-state index in [1.54, 1.807) is 12.1 Å². The van der Waals surface area contributed by atoms with Crippen LogP contribution >= 0.6 is 0 Å². The fraction of sp³-hybridized carbons (Fsp3) is 0.688. The number of nitrogens with one attached hydrogen (secondary N) is 2. The van der Waals surface area contributed by atoms with Crippen LogP contribution in [0.15, 0.2) is 23.0 Å². The zero-order chi connectivity index (χ0) is 29.5. The number of benzene rings is 1. The summed E-state index contributed by atoms with van der Waals surface area (Å²) in [4.78, 5) is 40.7. The lowest BCUT2D eigenvalue weighted by Gasteiger charge is -2.57. The summed E-state index contributed by atoms with van der Waals surface area (Å²) in [6, 6.07) is 3.37. The number of unbranched alkanes of at least 4 members (excludes halogenated alkanes) is 5. The second-order valence-corrected chi connectivity index (χ2v) is 13.4. The first kappa shape index (κ1) is 29.3. The standard InChI is InChI=1S/C32H41F3N4O3/c33-32(34,35)30-37-25-16-20(8-9-24(25)29(42)39(30)26-10-11-27(40)38-28(26)41)7-5-3-1-2-4-6-12-36-31-17-21-13-22(18-31)15-23(14-21)19-31/h8-9,16,21-23,26,36H,1-7,10-15,17-19H2,(H,38,40,41). The molecule has 0 radical (unpaired) electrons. The van der Waals surface area contributed by atoms with Gasteiger partial charge in [-0.25, -0.2) is 4.98 Å². The minimum Gasteiger partial charge on any atom is -0.311 e. The van der Waals surface area contributed by atoms with Gasteiger partial charge in [0.15, 0.2) is 0 Å². The second kappa shape index (κ2) is 11.7. The van der Waals surface area contributed by atoms with Gasteiger partial charge in [-0.2, -0.15) is 13.2 Å². The van der Waals surface area contributed by atoms with E-state index in [9.17, 15) is 27.6 Å². The van der Waals surface area contributed by atoms with E-state index < -0.39 is 35.4 Å². The van der Waals surface area contributed by atoms with Gasteiger partial charge in [-0.1, -0.05) is 31.7 Å². The number of imide groups is 1. The lowest BCUT2D eigenvalue weighted by atomic mass is 9.53. The Morgan fingerprint density at radius 1 is 0.929 bits per heavy atom. The van der Waals surface area contributed by atoms with Gasteiger partial charge in [0.1, 0.15) is 6.04 Å². The van der Waals surface area contributed by atoms with Gasteiger partial charge < -0.3 is 5.32 Å². The van der Waals surface area contributed by atoms with Crippen molar-refractivity contribution >= 4 is 22.7 Å². The van der Waals surface area contributed by atoms with Crippen LogP contribution < -0.4 is 16.2 Å². The summed E-state index contributed by atoms with van der Waals surface area (Å²) in [6.45, 7) is 1.11. The number of amides is 2. The number of nitrogens with zero attached hydrogens (tertiary/aromatic N) is 2. The highest BCUT2D eigenvalue weighted by atomic mass is 19.4. The first-order chi connectivity index (χ1) is 20.1. The van der Waals surface area contributed by atoms with Crippen molar-refractivity contribution in [2.24, 2.45) is 17.8 Å². The molecule has 1 saturated heterocycles. The Balaban J connectivity index is 0.985. The third-order valence-corrected chi connectivity index (χ3v) is 10.2. The Bertz CT molecular complexity index is 1370. The number of piperidine rings is 1. The van der Waals surface area contributed by atoms with Crippen LogP contribution in [0.3, 0.4) is 0 Å². The Hall–Kier alpha value is -2.75. The molecule has 2 N–H and O–H groups in total. The summed E-state index contributed by atoms with van der Waals surface area (Å²) >= 11 is 0. The van der Waals surface area contributed by atoms with Gasteiger partial charge in [-0.05, 0) is 106 Å². The number of carbonyl (C=O) groups is 2. The van der Waals surface area contributed by atoms with Crippen molar-refractivity contribution < 1.29 is 22.8 Å². The first-order valence-corrected chi connectivity index (χ1v) is 15.8. The number of alkyl halides is 3. The molecule has 5 fully saturated rings. The third kappa shape index (κ3) is 6.15. The van der Waals surface area contributed by atoms with Crippen molar-refractivity contribution in [3.63, 3.8) is 0 Å². The molecule has 1 unspecified atom stereocenters. The summed E-state index contributed by atoms with van der Waals surface area (Å²) in [5.41, 5.74) is 0.314. The summed E-state index contributed by atoms with van der Waals surface area (Å²) in [6.07, 6.45) is 10.7. The topological polar surface area (TPSA) is 93.1 Å². The van der Waals surface area contributed by atoms with Crippen LogP contribution in [0.25, 0.3) is 10.9 Å².